The average molecular weight is 318 g/mol. The van der Waals surface area contributed by atoms with Gasteiger partial charge in [-0.25, -0.2) is 4.98 Å². The van der Waals surface area contributed by atoms with E-state index in [1.807, 2.05) is 19.1 Å². The van der Waals surface area contributed by atoms with Crippen molar-refractivity contribution in [2.24, 2.45) is 0 Å². The van der Waals surface area contributed by atoms with Gasteiger partial charge in [-0.1, -0.05) is 12.1 Å². The van der Waals surface area contributed by atoms with E-state index in [0.717, 1.165) is 10.0 Å². The van der Waals surface area contributed by atoms with E-state index in [2.05, 4.69) is 27.0 Å². The van der Waals surface area contributed by atoms with E-state index in [1.165, 1.54) is 0 Å². The van der Waals surface area contributed by atoms with E-state index in [4.69, 9.17) is 15.7 Å². The molecule has 0 aliphatic heterocycles. The van der Waals surface area contributed by atoms with Crippen LogP contribution in [0.25, 0.3) is 0 Å². The molecule has 2 N–H and O–H groups in total. The van der Waals surface area contributed by atoms with Crippen LogP contribution < -0.4 is 10.5 Å². The van der Waals surface area contributed by atoms with E-state index in [9.17, 15) is 0 Å². The van der Waals surface area contributed by atoms with E-state index >= 15 is 0 Å². The molecule has 0 fully saturated rings. The highest BCUT2D eigenvalue weighted by Gasteiger charge is 2.10. The topological polar surface area (TPSA) is 71.9 Å². The molecule has 2 rings (SSSR count). The first-order chi connectivity index (χ1) is 9.10. The number of ether oxygens (including phenoxy) is 1. The quantitative estimate of drug-likeness (QED) is 0.941. The molecule has 96 valence electrons. The van der Waals surface area contributed by atoms with Gasteiger partial charge >= 0.3 is 0 Å². The van der Waals surface area contributed by atoms with Crippen molar-refractivity contribution in [3.05, 3.63) is 52.1 Å². The Bertz CT molecular complexity index is 620. The lowest BCUT2D eigenvalue weighted by Crippen LogP contribution is -2.05. The summed E-state index contributed by atoms with van der Waals surface area (Å²) < 4.78 is 6.59. The van der Waals surface area contributed by atoms with Crippen molar-refractivity contribution in [1.29, 1.82) is 5.26 Å². The minimum Gasteiger partial charge on any atom is -0.482 e. The molecule has 0 saturated heterocycles. The third-order valence-corrected chi connectivity index (χ3v) is 3.10. The second kappa shape index (κ2) is 5.72. The van der Waals surface area contributed by atoms with E-state index in [1.54, 1.807) is 24.4 Å². The van der Waals surface area contributed by atoms with Crippen LogP contribution in [0.3, 0.4) is 0 Å². The molecule has 0 aliphatic carbocycles. The zero-order valence-electron chi connectivity index (χ0n) is 10.3. The fourth-order valence-corrected chi connectivity index (χ4v) is 1.92. The fourth-order valence-electron chi connectivity index (χ4n) is 1.61. The molecule has 0 aliphatic rings. The predicted octanol–water partition coefficient (Wildman–Crippen LogP) is 3.44. The molecule has 19 heavy (non-hydrogen) atoms. The monoisotopic (exact) mass is 317 g/mol. The van der Waals surface area contributed by atoms with Crippen LogP contribution in [0, 0.1) is 11.3 Å². The summed E-state index contributed by atoms with van der Waals surface area (Å²) in [5.74, 6) is 0.884. The summed E-state index contributed by atoms with van der Waals surface area (Å²) in [7, 11) is 0. The van der Waals surface area contributed by atoms with Crippen molar-refractivity contribution in [2.45, 2.75) is 13.0 Å². The molecule has 4 nitrogen and oxygen atoms in total. The maximum atomic E-state index is 8.76. The number of anilines is 1. The highest BCUT2D eigenvalue weighted by molar-refractivity contribution is 9.10. The second-order valence-corrected chi connectivity index (χ2v) is 4.95. The molecule has 1 aromatic carbocycles. The van der Waals surface area contributed by atoms with Gasteiger partial charge in [0.25, 0.3) is 0 Å². The normalized spacial score (nSPS) is 11.6. The van der Waals surface area contributed by atoms with E-state index in [-0.39, 0.29) is 6.10 Å². The van der Waals surface area contributed by atoms with Crippen molar-refractivity contribution in [2.75, 3.05) is 5.73 Å². The summed E-state index contributed by atoms with van der Waals surface area (Å²) in [5, 5.41) is 8.76. The van der Waals surface area contributed by atoms with Crippen LogP contribution in [-0.2, 0) is 0 Å². The summed E-state index contributed by atoms with van der Waals surface area (Å²) in [6.07, 6.45) is 1.44. The average Bonchev–Trinajstić information content (AvgIpc) is 2.43. The van der Waals surface area contributed by atoms with Gasteiger partial charge in [0.1, 0.15) is 6.10 Å². The highest BCUT2D eigenvalue weighted by Crippen LogP contribution is 2.28. The fraction of sp³-hybridized carbons (Fsp3) is 0.143. The number of pyridine rings is 1. The number of nitriles is 1. The number of hydrogen-bond donors (Lipinski definition) is 1. The maximum Gasteiger partial charge on any atom is 0.166 e. The van der Waals surface area contributed by atoms with Gasteiger partial charge in [-0.15, -0.1) is 0 Å². The van der Waals surface area contributed by atoms with Gasteiger partial charge in [0.2, 0.25) is 0 Å². The predicted molar refractivity (Wildman–Crippen MR) is 76.5 cm³/mol. The number of hydrogen-bond acceptors (Lipinski definition) is 4. The van der Waals surface area contributed by atoms with Crippen molar-refractivity contribution < 1.29 is 4.74 Å². The van der Waals surface area contributed by atoms with Crippen LogP contribution in [0.4, 0.5) is 5.82 Å². The molecular formula is C14H12BrN3O. The number of nitrogens with zero attached hydrogens (tertiary/aromatic N) is 2. The van der Waals surface area contributed by atoms with E-state index < -0.39 is 0 Å². The standard InChI is InChI=1S/C14H12BrN3O/c1-9(11-4-2-10(7-16)3-5-11)19-13-6-12(15)8-18-14(13)17/h2-6,8-9H,1H3,(H2,17,18)/t9-/m0/s1. The van der Waals surface area contributed by atoms with Gasteiger partial charge in [-0.05, 0) is 46.6 Å². The van der Waals surface area contributed by atoms with Crippen molar-refractivity contribution in [3.8, 4) is 11.8 Å². The largest absolute Gasteiger partial charge is 0.482 e. The van der Waals surface area contributed by atoms with E-state index in [0.29, 0.717) is 17.1 Å². The Balaban J connectivity index is 2.18. The molecule has 0 bridgehead atoms. The van der Waals surface area contributed by atoms with Crippen LogP contribution in [0.5, 0.6) is 5.75 Å². The first-order valence-electron chi connectivity index (χ1n) is 5.68. The van der Waals surface area contributed by atoms with Crippen LogP contribution >= 0.6 is 15.9 Å². The third kappa shape index (κ3) is 3.24. The van der Waals surface area contributed by atoms with Crippen LogP contribution in [0.2, 0.25) is 0 Å². The zero-order chi connectivity index (χ0) is 13.8. The summed E-state index contributed by atoms with van der Waals surface area (Å²) >= 11 is 3.33. The lowest BCUT2D eigenvalue weighted by atomic mass is 10.1. The lowest BCUT2D eigenvalue weighted by Gasteiger charge is -2.16. The molecule has 2 aromatic rings. The highest BCUT2D eigenvalue weighted by atomic mass is 79.9. The summed E-state index contributed by atoms with van der Waals surface area (Å²) in [4.78, 5) is 4.02. The second-order valence-electron chi connectivity index (χ2n) is 4.03. The number of aromatic nitrogens is 1. The first-order valence-corrected chi connectivity index (χ1v) is 6.47. The van der Waals surface area contributed by atoms with Crippen molar-refractivity contribution in [1.82, 2.24) is 4.98 Å². The number of benzene rings is 1. The Morgan fingerprint density at radius 1 is 1.37 bits per heavy atom. The molecule has 0 radical (unpaired) electrons. The molecule has 0 spiro atoms. The van der Waals surface area contributed by atoms with Gasteiger partial charge in [0.05, 0.1) is 11.6 Å². The third-order valence-electron chi connectivity index (χ3n) is 2.66. The Morgan fingerprint density at radius 3 is 2.68 bits per heavy atom. The minimum atomic E-state index is -0.175. The Hall–Kier alpha value is -2.06. The number of halogens is 1. The van der Waals surface area contributed by atoms with Crippen molar-refractivity contribution >= 4 is 21.7 Å². The Morgan fingerprint density at radius 2 is 2.05 bits per heavy atom. The summed E-state index contributed by atoms with van der Waals surface area (Å²) in [6.45, 7) is 1.92. The first kappa shape index (κ1) is 13.4. The molecule has 1 atom stereocenters. The minimum absolute atomic E-state index is 0.175. The van der Waals surface area contributed by atoms with Crippen LogP contribution in [0.1, 0.15) is 24.2 Å². The van der Waals surface area contributed by atoms with Crippen LogP contribution in [-0.4, -0.2) is 4.98 Å². The zero-order valence-corrected chi connectivity index (χ0v) is 11.9. The Kier molecular flexibility index (Phi) is 4.03. The van der Waals surface area contributed by atoms with Gasteiger partial charge in [-0.2, -0.15) is 5.26 Å². The molecule has 0 amide bonds. The van der Waals surface area contributed by atoms with Crippen molar-refractivity contribution in [3.63, 3.8) is 0 Å². The molecule has 0 saturated carbocycles. The van der Waals surface area contributed by atoms with Gasteiger partial charge in [0, 0.05) is 10.7 Å². The molecule has 1 aromatic heterocycles. The summed E-state index contributed by atoms with van der Waals surface area (Å²) in [6, 6.07) is 11.1. The Labute approximate surface area is 120 Å². The van der Waals surface area contributed by atoms with Gasteiger partial charge in [0.15, 0.2) is 11.6 Å². The van der Waals surface area contributed by atoms with Crippen LogP contribution in [0.15, 0.2) is 41.0 Å². The maximum absolute atomic E-state index is 8.76. The summed E-state index contributed by atoms with van der Waals surface area (Å²) in [5.41, 5.74) is 7.36. The molecule has 0 unspecified atom stereocenters. The SMILES string of the molecule is C[C@H](Oc1cc(Br)cnc1N)c1ccc(C#N)cc1. The number of nitrogen functional groups attached to an aromatic ring is 1. The van der Waals surface area contributed by atoms with Gasteiger partial charge in [-0.3, -0.25) is 0 Å². The molecule has 1 heterocycles. The number of nitrogens with two attached hydrogens (primary N) is 1. The number of rotatable bonds is 3. The smallest absolute Gasteiger partial charge is 0.166 e. The lowest BCUT2D eigenvalue weighted by molar-refractivity contribution is 0.227. The molecular weight excluding hydrogens is 306 g/mol. The van der Waals surface area contributed by atoms with Gasteiger partial charge < -0.3 is 10.5 Å². The molecule has 5 heteroatoms.